The first-order valence-corrected chi connectivity index (χ1v) is 10.6. The van der Waals surface area contributed by atoms with E-state index in [4.69, 9.17) is 10.5 Å². The third-order valence-corrected chi connectivity index (χ3v) is 5.38. The lowest BCUT2D eigenvalue weighted by Crippen LogP contribution is -2.48. The van der Waals surface area contributed by atoms with Gasteiger partial charge in [0.2, 0.25) is 0 Å². The van der Waals surface area contributed by atoms with Crippen LogP contribution in [-0.4, -0.2) is 34.1 Å². The molecule has 2 heterocycles. The van der Waals surface area contributed by atoms with Gasteiger partial charge < -0.3 is 15.8 Å². The number of halogens is 4. The van der Waals surface area contributed by atoms with Crippen LogP contribution >= 0.6 is 22.6 Å². The predicted molar refractivity (Wildman–Crippen MR) is 119 cm³/mol. The summed E-state index contributed by atoms with van der Waals surface area (Å²) in [5.41, 5.74) is 5.94. The van der Waals surface area contributed by atoms with Crippen LogP contribution < -0.4 is 15.8 Å². The second-order valence-corrected chi connectivity index (χ2v) is 8.77. The highest BCUT2D eigenvalue weighted by molar-refractivity contribution is 14.1. The number of hydrogen-bond donors (Lipinski definition) is 2. The van der Waals surface area contributed by atoms with Crippen molar-refractivity contribution in [2.75, 3.05) is 13.2 Å². The average Bonchev–Trinajstić information content (AvgIpc) is 3.01. The van der Waals surface area contributed by atoms with E-state index in [-0.39, 0.29) is 36.6 Å². The van der Waals surface area contributed by atoms with Crippen molar-refractivity contribution in [2.24, 2.45) is 5.73 Å². The maximum atomic E-state index is 13.9. The molecule has 166 valence electrons. The highest BCUT2D eigenvalue weighted by atomic mass is 127. The standard InChI is InChI=1S/C21H22F3IN4O2/c1-12-18(20(30)27-11-21(2,26)6-7-22)29-9-13(25)8-17(19(29)28-12)31-10-14-15(23)4-3-5-16(14)24/h3-5,8-9H,6-7,10-11,26H2,1-2H3,(H,27,30). The Morgan fingerprint density at radius 3 is 2.68 bits per heavy atom. The Morgan fingerprint density at radius 1 is 1.35 bits per heavy atom. The van der Waals surface area contributed by atoms with Crippen LogP contribution in [0.2, 0.25) is 0 Å². The van der Waals surface area contributed by atoms with Gasteiger partial charge in [-0.05, 0) is 61.1 Å². The van der Waals surface area contributed by atoms with Crippen molar-refractivity contribution in [1.29, 1.82) is 0 Å². The number of aromatic nitrogens is 2. The van der Waals surface area contributed by atoms with E-state index in [1.54, 1.807) is 30.5 Å². The zero-order valence-corrected chi connectivity index (χ0v) is 19.2. The van der Waals surface area contributed by atoms with E-state index in [1.807, 2.05) is 22.6 Å². The summed E-state index contributed by atoms with van der Waals surface area (Å²) in [4.78, 5) is 17.2. The number of ether oxygens (including phenoxy) is 1. The van der Waals surface area contributed by atoms with Gasteiger partial charge in [0.15, 0.2) is 11.4 Å². The summed E-state index contributed by atoms with van der Waals surface area (Å²) >= 11 is 2.05. The fourth-order valence-corrected chi connectivity index (χ4v) is 3.63. The fraction of sp³-hybridized carbons (Fsp3) is 0.333. The molecule has 0 saturated heterocycles. The number of rotatable bonds is 8. The largest absolute Gasteiger partial charge is 0.485 e. The zero-order valence-electron chi connectivity index (χ0n) is 17.0. The van der Waals surface area contributed by atoms with Crippen LogP contribution in [0.25, 0.3) is 5.65 Å². The number of imidazole rings is 1. The maximum Gasteiger partial charge on any atom is 0.270 e. The van der Waals surface area contributed by atoms with Gasteiger partial charge in [-0.3, -0.25) is 13.6 Å². The number of carbonyl (C=O) groups is 1. The molecule has 0 aliphatic heterocycles. The molecule has 2 aromatic heterocycles. The number of aryl methyl sites for hydroxylation is 1. The van der Waals surface area contributed by atoms with Gasteiger partial charge in [0.05, 0.1) is 17.9 Å². The molecule has 3 rings (SSSR count). The number of alkyl halides is 1. The molecule has 1 unspecified atom stereocenters. The van der Waals surface area contributed by atoms with Crippen molar-refractivity contribution < 1.29 is 22.7 Å². The molecule has 3 aromatic rings. The van der Waals surface area contributed by atoms with Gasteiger partial charge in [-0.15, -0.1) is 0 Å². The highest BCUT2D eigenvalue weighted by Crippen LogP contribution is 2.27. The predicted octanol–water partition coefficient (Wildman–Crippen LogP) is 3.91. The van der Waals surface area contributed by atoms with Crippen molar-refractivity contribution >= 4 is 34.1 Å². The van der Waals surface area contributed by atoms with Gasteiger partial charge in [-0.1, -0.05) is 6.07 Å². The van der Waals surface area contributed by atoms with Crippen LogP contribution in [0.15, 0.2) is 30.5 Å². The molecule has 0 saturated carbocycles. The average molecular weight is 546 g/mol. The van der Waals surface area contributed by atoms with E-state index < -0.39 is 29.8 Å². The number of hydrogen-bond acceptors (Lipinski definition) is 4. The summed E-state index contributed by atoms with van der Waals surface area (Å²) in [7, 11) is 0. The van der Waals surface area contributed by atoms with Crippen molar-refractivity contribution in [1.82, 2.24) is 14.7 Å². The number of nitrogens with two attached hydrogens (primary N) is 1. The summed E-state index contributed by atoms with van der Waals surface area (Å²) in [6.45, 7) is 2.49. The van der Waals surface area contributed by atoms with Crippen LogP contribution in [-0.2, 0) is 6.61 Å². The van der Waals surface area contributed by atoms with Crippen LogP contribution in [0.4, 0.5) is 13.2 Å². The number of pyridine rings is 1. The van der Waals surface area contributed by atoms with Crippen LogP contribution in [0.3, 0.4) is 0 Å². The van der Waals surface area contributed by atoms with Crippen molar-refractivity contribution in [3.05, 3.63) is 62.6 Å². The number of nitrogens with zero attached hydrogens (tertiary/aromatic N) is 2. The molecule has 1 amide bonds. The van der Waals surface area contributed by atoms with E-state index in [9.17, 15) is 18.0 Å². The minimum Gasteiger partial charge on any atom is -0.485 e. The Hall–Kier alpha value is -2.34. The summed E-state index contributed by atoms with van der Waals surface area (Å²) < 4.78 is 48.4. The van der Waals surface area contributed by atoms with Gasteiger partial charge in [0, 0.05) is 21.9 Å². The highest BCUT2D eigenvalue weighted by Gasteiger charge is 2.24. The number of benzene rings is 1. The van der Waals surface area contributed by atoms with Crippen molar-refractivity contribution in [3.8, 4) is 5.75 Å². The van der Waals surface area contributed by atoms with E-state index >= 15 is 0 Å². The van der Waals surface area contributed by atoms with E-state index in [0.717, 1.165) is 15.7 Å². The Balaban J connectivity index is 1.90. The number of nitrogens with one attached hydrogen (secondary N) is 1. The third-order valence-electron chi connectivity index (χ3n) is 4.79. The number of carbonyl (C=O) groups excluding carboxylic acids is 1. The SMILES string of the molecule is Cc1nc2c(OCc3c(F)cccc3F)cc(I)cn2c1C(=O)NCC(C)(N)CCF. The summed E-state index contributed by atoms with van der Waals surface area (Å²) in [5.74, 6) is -1.56. The normalized spacial score (nSPS) is 13.3. The molecule has 0 aliphatic carbocycles. The van der Waals surface area contributed by atoms with E-state index in [2.05, 4.69) is 10.3 Å². The summed E-state index contributed by atoms with van der Waals surface area (Å²) in [5, 5.41) is 2.72. The van der Waals surface area contributed by atoms with Gasteiger partial charge in [-0.25, -0.2) is 13.8 Å². The number of fused-ring (bicyclic) bond motifs is 1. The van der Waals surface area contributed by atoms with Crippen molar-refractivity contribution in [2.45, 2.75) is 32.4 Å². The van der Waals surface area contributed by atoms with Crippen LogP contribution in [0.5, 0.6) is 5.75 Å². The molecule has 31 heavy (non-hydrogen) atoms. The smallest absolute Gasteiger partial charge is 0.270 e. The molecule has 1 aromatic carbocycles. The fourth-order valence-electron chi connectivity index (χ4n) is 3.07. The lowest BCUT2D eigenvalue weighted by atomic mass is 10.0. The molecule has 0 bridgehead atoms. The van der Waals surface area contributed by atoms with Gasteiger partial charge in [0.1, 0.15) is 23.9 Å². The van der Waals surface area contributed by atoms with Gasteiger partial charge >= 0.3 is 0 Å². The molecular weight excluding hydrogens is 524 g/mol. The second kappa shape index (κ2) is 9.43. The van der Waals surface area contributed by atoms with Crippen LogP contribution in [0.1, 0.15) is 35.1 Å². The molecule has 0 spiro atoms. The zero-order chi connectivity index (χ0) is 22.8. The van der Waals surface area contributed by atoms with Gasteiger partial charge in [0.25, 0.3) is 5.91 Å². The monoisotopic (exact) mass is 546 g/mol. The first-order chi connectivity index (χ1) is 14.6. The maximum absolute atomic E-state index is 13.9. The molecule has 0 radical (unpaired) electrons. The molecular formula is C21H22F3IN4O2. The Bertz CT molecular complexity index is 1100. The number of amides is 1. The molecule has 1 atom stereocenters. The van der Waals surface area contributed by atoms with E-state index in [1.165, 1.54) is 6.07 Å². The third kappa shape index (κ3) is 5.29. The van der Waals surface area contributed by atoms with Gasteiger partial charge in [-0.2, -0.15) is 0 Å². The molecule has 6 nitrogen and oxygen atoms in total. The van der Waals surface area contributed by atoms with E-state index in [0.29, 0.717) is 11.3 Å². The Kier molecular flexibility index (Phi) is 7.10. The second-order valence-electron chi connectivity index (χ2n) is 7.53. The first-order valence-electron chi connectivity index (χ1n) is 9.50. The molecule has 10 heteroatoms. The lowest BCUT2D eigenvalue weighted by Gasteiger charge is -2.23. The molecule has 0 fully saturated rings. The molecule has 0 aliphatic rings. The van der Waals surface area contributed by atoms with Crippen LogP contribution in [0, 0.1) is 22.1 Å². The van der Waals surface area contributed by atoms with Crippen molar-refractivity contribution in [3.63, 3.8) is 0 Å². The Labute approximate surface area is 191 Å². The summed E-state index contributed by atoms with van der Waals surface area (Å²) in [6.07, 6.45) is 1.81. The lowest BCUT2D eigenvalue weighted by molar-refractivity contribution is 0.0936. The minimum absolute atomic E-state index is 0.0856. The first kappa shape index (κ1) is 23.3. The minimum atomic E-state index is -0.884. The topological polar surface area (TPSA) is 81.7 Å². The molecule has 3 N–H and O–H groups in total. The Morgan fingerprint density at radius 2 is 2.03 bits per heavy atom. The summed E-state index contributed by atoms with van der Waals surface area (Å²) in [6, 6.07) is 5.26. The quantitative estimate of drug-likeness (QED) is 0.420.